The van der Waals surface area contributed by atoms with Crippen LogP contribution in [0.3, 0.4) is 0 Å². The quantitative estimate of drug-likeness (QED) is 0.465. The van der Waals surface area contributed by atoms with Crippen LogP contribution in [0, 0.1) is 29.6 Å². The highest BCUT2D eigenvalue weighted by Crippen LogP contribution is 2.61. The van der Waals surface area contributed by atoms with Gasteiger partial charge in [-0.05, 0) is 73.8 Å². The Labute approximate surface area is 165 Å². The molecule has 3 atom stereocenters. The van der Waals surface area contributed by atoms with Crippen LogP contribution in [0.2, 0.25) is 0 Å². The van der Waals surface area contributed by atoms with Crippen LogP contribution in [0.25, 0.3) is 0 Å². The maximum absolute atomic E-state index is 12.5. The van der Waals surface area contributed by atoms with E-state index in [0.29, 0.717) is 17.3 Å². The summed E-state index contributed by atoms with van der Waals surface area (Å²) >= 11 is 0. The smallest absolute Gasteiger partial charge is 0.266 e. The lowest BCUT2D eigenvalue weighted by Crippen LogP contribution is -2.49. The molecule has 1 aromatic carbocycles. The van der Waals surface area contributed by atoms with Crippen molar-refractivity contribution in [3.63, 3.8) is 0 Å². The molecule has 0 spiro atoms. The Morgan fingerprint density at radius 2 is 1.81 bits per heavy atom. The fourth-order valence-electron chi connectivity index (χ4n) is 5.86. The van der Waals surface area contributed by atoms with Crippen molar-refractivity contribution in [2.24, 2.45) is 22.7 Å². The van der Waals surface area contributed by atoms with Crippen molar-refractivity contribution in [3.8, 4) is 0 Å². The predicted molar refractivity (Wildman–Crippen MR) is 110 cm³/mol. The van der Waals surface area contributed by atoms with Crippen LogP contribution in [0.4, 0.5) is 0 Å². The largest absolute Gasteiger partial charge is 0.296 e. The van der Waals surface area contributed by atoms with Crippen molar-refractivity contribution in [3.05, 3.63) is 42.0 Å². The van der Waals surface area contributed by atoms with Gasteiger partial charge >= 0.3 is 0 Å². The Bertz CT molecular complexity index is 791. The molecule has 0 aromatic heterocycles. The maximum atomic E-state index is 12.5. The van der Waals surface area contributed by atoms with Gasteiger partial charge in [-0.2, -0.15) is 8.42 Å². The predicted octanol–water partition coefficient (Wildman–Crippen LogP) is 5.89. The van der Waals surface area contributed by atoms with Gasteiger partial charge in [0.05, 0.1) is 11.5 Å². The molecular formula is C23H34O3S. The first-order chi connectivity index (χ1) is 12.6. The van der Waals surface area contributed by atoms with Gasteiger partial charge in [0.25, 0.3) is 10.1 Å². The highest BCUT2D eigenvalue weighted by atomic mass is 32.2. The molecular weight excluding hydrogens is 356 g/mol. The van der Waals surface area contributed by atoms with E-state index in [1.807, 2.05) is 6.92 Å². The molecule has 1 aromatic rings. The monoisotopic (exact) mass is 390 g/mol. The van der Waals surface area contributed by atoms with Gasteiger partial charge < -0.3 is 0 Å². The second-order valence-electron chi connectivity index (χ2n) is 9.53. The van der Waals surface area contributed by atoms with Gasteiger partial charge in [0, 0.05) is 0 Å². The zero-order valence-electron chi connectivity index (χ0n) is 17.3. The van der Waals surface area contributed by atoms with E-state index in [1.54, 1.807) is 24.3 Å². The number of hydrogen-bond acceptors (Lipinski definition) is 3. The van der Waals surface area contributed by atoms with Crippen molar-refractivity contribution >= 4 is 10.1 Å². The Morgan fingerprint density at radius 3 is 2.48 bits per heavy atom. The third kappa shape index (κ3) is 4.02. The molecule has 0 radical (unpaired) electrons. The molecule has 4 heteroatoms. The molecule has 2 aliphatic carbocycles. The van der Waals surface area contributed by atoms with E-state index in [-0.39, 0.29) is 16.9 Å². The molecule has 3 nitrogen and oxygen atoms in total. The summed E-state index contributed by atoms with van der Waals surface area (Å²) in [6, 6.07) is 6.83. The van der Waals surface area contributed by atoms with E-state index in [4.69, 9.17) is 4.18 Å². The molecule has 2 saturated carbocycles. The van der Waals surface area contributed by atoms with Crippen molar-refractivity contribution in [2.45, 2.75) is 71.1 Å². The van der Waals surface area contributed by atoms with Crippen LogP contribution in [0.1, 0.15) is 64.9 Å². The molecule has 27 heavy (non-hydrogen) atoms. The van der Waals surface area contributed by atoms with Gasteiger partial charge in [-0.15, -0.1) is 0 Å². The minimum Gasteiger partial charge on any atom is -0.266 e. The van der Waals surface area contributed by atoms with E-state index in [1.165, 1.54) is 31.3 Å². The summed E-state index contributed by atoms with van der Waals surface area (Å²) in [6.07, 6.45) is 6.72. The van der Waals surface area contributed by atoms with E-state index in [2.05, 4.69) is 27.4 Å². The zero-order chi connectivity index (χ0) is 19.9. The first-order valence-corrected chi connectivity index (χ1v) is 11.6. The fourth-order valence-corrected chi connectivity index (χ4v) is 6.78. The molecule has 2 aliphatic rings. The van der Waals surface area contributed by atoms with Crippen LogP contribution in [0.15, 0.2) is 41.3 Å². The second-order valence-corrected chi connectivity index (χ2v) is 11.1. The van der Waals surface area contributed by atoms with Crippen LogP contribution in [-0.2, 0) is 14.3 Å². The molecule has 0 saturated heterocycles. The Hall–Kier alpha value is -1.13. The molecule has 0 N–H and O–H groups in total. The van der Waals surface area contributed by atoms with Crippen LogP contribution < -0.4 is 0 Å². The van der Waals surface area contributed by atoms with Crippen molar-refractivity contribution in [1.82, 2.24) is 0 Å². The molecule has 0 aliphatic heterocycles. The topological polar surface area (TPSA) is 43.4 Å². The van der Waals surface area contributed by atoms with Gasteiger partial charge in [0.15, 0.2) is 0 Å². The summed E-state index contributed by atoms with van der Waals surface area (Å²) in [6.45, 7) is 13.7. The Kier molecular flexibility index (Phi) is 5.62. The first-order valence-electron chi connectivity index (χ1n) is 10.2. The van der Waals surface area contributed by atoms with Crippen LogP contribution in [-0.4, -0.2) is 15.0 Å². The lowest BCUT2D eigenvalue weighted by atomic mass is 9.47. The number of benzene rings is 1. The average molecular weight is 391 g/mol. The summed E-state index contributed by atoms with van der Waals surface area (Å²) in [5.74, 6) is 1.01. The van der Waals surface area contributed by atoms with Crippen LogP contribution >= 0.6 is 0 Å². The minimum absolute atomic E-state index is 0.202. The maximum Gasteiger partial charge on any atom is 0.296 e. The van der Waals surface area contributed by atoms with Crippen molar-refractivity contribution in [1.29, 1.82) is 0 Å². The third-order valence-electron chi connectivity index (χ3n) is 7.27. The SMILES string of the molecule is C=C1CC[C@H]2C(C)(C)CCC[C@]2(C)[C@H]1CCOS(=O)(=O)c1ccc(C)cc1. The van der Waals surface area contributed by atoms with E-state index < -0.39 is 10.1 Å². The van der Waals surface area contributed by atoms with Gasteiger partial charge in [0.1, 0.15) is 0 Å². The normalized spacial score (nSPS) is 30.7. The second kappa shape index (κ2) is 7.36. The molecule has 0 unspecified atom stereocenters. The Morgan fingerprint density at radius 1 is 1.15 bits per heavy atom. The molecule has 0 bridgehead atoms. The fraction of sp³-hybridized carbons (Fsp3) is 0.652. The van der Waals surface area contributed by atoms with Crippen LogP contribution in [0.5, 0.6) is 0 Å². The highest BCUT2D eigenvalue weighted by molar-refractivity contribution is 7.86. The molecule has 150 valence electrons. The van der Waals surface area contributed by atoms with Gasteiger partial charge in [-0.3, -0.25) is 4.18 Å². The standard InChI is InChI=1S/C23H34O3S/c1-17-7-10-19(11-8-17)27(24,25)26-16-13-20-18(2)9-12-21-22(3,4)14-6-15-23(20,21)5/h7-8,10-11,20-21H,2,6,9,12-16H2,1,3-5H3/t20-,21-,23+/m0/s1. The van der Waals surface area contributed by atoms with Gasteiger partial charge in [-0.1, -0.05) is 57.0 Å². The van der Waals surface area contributed by atoms with Crippen molar-refractivity contribution < 1.29 is 12.6 Å². The lowest BCUT2D eigenvalue weighted by molar-refractivity contribution is -0.0563. The molecule has 2 fully saturated rings. The number of rotatable bonds is 5. The number of fused-ring (bicyclic) bond motifs is 1. The summed E-state index contributed by atoms with van der Waals surface area (Å²) < 4.78 is 30.4. The third-order valence-corrected chi connectivity index (χ3v) is 8.60. The van der Waals surface area contributed by atoms with E-state index >= 15 is 0 Å². The molecule has 3 rings (SSSR count). The zero-order valence-corrected chi connectivity index (χ0v) is 18.1. The first kappa shape index (κ1) is 20.6. The summed E-state index contributed by atoms with van der Waals surface area (Å²) in [7, 11) is -3.70. The summed E-state index contributed by atoms with van der Waals surface area (Å²) in [5.41, 5.74) is 2.86. The van der Waals surface area contributed by atoms with Crippen molar-refractivity contribution in [2.75, 3.05) is 6.61 Å². The van der Waals surface area contributed by atoms with E-state index in [9.17, 15) is 8.42 Å². The van der Waals surface area contributed by atoms with Gasteiger partial charge in [0.2, 0.25) is 0 Å². The summed E-state index contributed by atoms with van der Waals surface area (Å²) in [5, 5.41) is 0. The summed E-state index contributed by atoms with van der Waals surface area (Å²) in [4.78, 5) is 0.235. The average Bonchev–Trinajstić information content (AvgIpc) is 2.57. The van der Waals surface area contributed by atoms with E-state index in [0.717, 1.165) is 18.4 Å². The lowest BCUT2D eigenvalue weighted by Gasteiger charge is -2.58. The molecule has 0 heterocycles. The molecule has 0 amide bonds. The Balaban J connectivity index is 1.70. The highest BCUT2D eigenvalue weighted by Gasteiger charge is 2.52. The van der Waals surface area contributed by atoms with Gasteiger partial charge in [-0.25, -0.2) is 0 Å². The minimum atomic E-state index is -3.70. The number of aryl methyl sites for hydroxylation is 1. The number of hydrogen-bond donors (Lipinski definition) is 0. The number of allylic oxidation sites excluding steroid dienone is 1.